The second-order valence-electron chi connectivity index (χ2n) is 6.08. The van der Waals surface area contributed by atoms with Crippen molar-refractivity contribution in [3.05, 3.63) is 36.0 Å². The Balaban J connectivity index is 0.00000144. The minimum atomic E-state index is 0. The molecule has 4 nitrogen and oxygen atoms in total. The Labute approximate surface area is 138 Å². The van der Waals surface area contributed by atoms with E-state index in [4.69, 9.17) is 4.74 Å². The third-order valence-electron chi connectivity index (χ3n) is 4.76. The molecule has 0 amide bonds. The highest BCUT2D eigenvalue weighted by Gasteiger charge is 2.19. The van der Waals surface area contributed by atoms with Crippen LogP contribution in [0.15, 0.2) is 30.3 Å². The molecule has 0 radical (unpaired) electrons. The van der Waals surface area contributed by atoms with E-state index in [0.717, 1.165) is 45.9 Å². The van der Waals surface area contributed by atoms with E-state index in [1.165, 1.54) is 29.7 Å². The van der Waals surface area contributed by atoms with Crippen LogP contribution in [0.4, 0.5) is 0 Å². The summed E-state index contributed by atoms with van der Waals surface area (Å²) in [5.41, 5.74) is 2.85. The van der Waals surface area contributed by atoms with Gasteiger partial charge in [-0.3, -0.25) is 9.80 Å². The maximum atomic E-state index is 5.41. The molecule has 5 heteroatoms. The zero-order valence-corrected chi connectivity index (χ0v) is 13.7. The molecule has 1 aromatic carbocycles. The van der Waals surface area contributed by atoms with Crippen molar-refractivity contribution in [2.24, 2.45) is 0 Å². The highest BCUT2D eigenvalue weighted by atomic mass is 35.5. The Morgan fingerprint density at radius 2 is 1.68 bits per heavy atom. The van der Waals surface area contributed by atoms with Crippen molar-refractivity contribution in [3.8, 4) is 0 Å². The summed E-state index contributed by atoms with van der Waals surface area (Å²) in [5.74, 6) is 0. The van der Waals surface area contributed by atoms with Gasteiger partial charge >= 0.3 is 0 Å². The summed E-state index contributed by atoms with van der Waals surface area (Å²) < 4.78 is 7.90. The lowest BCUT2D eigenvalue weighted by Crippen LogP contribution is -2.43. The van der Waals surface area contributed by atoms with Crippen LogP contribution >= 0.6 is 12.4 Å². The molecule has 1 fully saturated rings. The van der Waals surface area contributed by atoms with E-state index >= 15 is 0 Å². The third kappa shape index (κ3) is 3.15. The van der Waals surface area contributed by atoms with Crippen molar-refractivity contribution in [2.75, 3.05) is 45.9 Å². The number of hydrogen-bond acceptors (Lipinski definition) is 3. The van der Waals surface area contributed by atoms with Crippen molar-refractivity contribution >= 4 is 23.3 Å². The van der Waals surface area contributed by atoms with Gasteiger partial charge in [0, 0.05) is 57.0 Å². The SMILES string of the molecule is Cl.c1ccc2c(c1)cc1n2CCN(CCN2CCOCC2)C1. The fourth-order valence-electron chi connectivity index (χ4n) is 3.51. The molecule has 0 atom stereocenters. The normalized spacial score (nSPS) is 19.8. The Hall–Kier alpha value is -1.07. The number of nitrogens with zero attached hydrogens (tertiary/aromatic N) is 3. The van der Waals surface area contributed by atoms with Crippen molar-refractivity contribution in [2.45, 2.75) is 13.1 Å². The number of hydrogen-bond donors (Lipinski definition) is 0. The summed E-state index contributed by atoms with van der Waals surface area (Å²) in [6.07, 6.45) is 0. The summed E-state index contributed by atoms with van der Waals surface area (Å²) in [4.78, 5) is 5.11. The van der Waals surface area contributed by atoms with Crippen molar-refractivity contribution in [3.63, 3.8) is 0 Å². The molecule has 0 N–H and O–H groups in total. The van der Waals surface area contributed by atoms with Gasteiger partial charge in [-0.15, -0.1) is 12.4 Å². The van der Waals surface area contributed by atoms with Gasteiger partial charge in [0.15, 0.2) is 0 Å². The standard InChI is InChI=1S/C17H23N3O.ClH/c1-2-4-17-15(3-1)13-16-14-19(7-8-20(16)17)6-5-18-9-11-21-12-10-18;/h1-4,13H,5-12,14H2;1H. The average Bonchev–Trinajstić information content (AvgIpc) is 2.91. The van der Waals surface area contributed by atoms with Gasteiger partial charge in [-0.05, 0) is 17.5 Å². The van der Waals surface area contributed by atoms with Gasteiger partial charge in [0.25, 0.3) is 0 Å². The minimum Gasteiger partial charge on any atom is -0.379 e. The molecule has 1 aromatic heterocycles. The molecule has 0 bridgehead atoms. The Bertz CT molecular complexity index is 621. The maximum absolute atomic E-state index is 5.41. The van der Waals surface area contributed by atoms with Gasteiger partial charge < -0.3 is 9.30 Å². The van der Waals surface area contributed by atoms with Gasteiger partial charge in [0.2, 0.25) is 0 Å². The van der Waals surface area contributed by atoms with Crippen LogP contribution in [0.5, 0.6) is 0 Å². The Morgan fingerprint density at radius 1 is 0.909 bits per heavy atom. The van der Waals surface area contributed by atoms with Gasteiger partial charge in [0.05, 0.1) is 13.2 Å². The summed E-state index contributed by atoms with van der Waals surface area (Å²) in [5, 5.41) is 1.38. The predicted molar refractivity (Wildman–Crippen MR) is 91.7 cm³/mol. The predicted octanol–water partition coefficient (Wildman–Crippen LogP) is 2.21. The molecule has 4 rings (SSSR count). The average molecular weight is 322 g/mol. The van der Waals surface area contributed by atoms with Crippen molar-refractivity contribution in [1.29, 1.82) is 0 Å². The van der Waals surface area contributed by atoms with Crippen LogP contribution in [-0.4, -0.2) is 60.3 Å². The first kappa shape index (κ1) is 15.8. The monoisotopic (exact) mass is 321 g/mol. The lowest BCUT2D eigenvalue weighted by atomic mass is 10.2. The fourth-order valence-corrected chi connectivity index (χ4v) is 3.51. The van der Waals surface area contributed by atoms with Crippen LogP contribution in [0, 0.1) is 0 Å². The topological polar surface area (TPSA) is 20.6 Å². The molecular formula is C17H24ClN3O. The highest BCUT2D eigenvalue weighted by molar-refractivity contribution is 5.85. The number of morpholine rings is 1. The lowest BCUT2D eigenvalue weighted by Gasteiger charge is -2.32. The van der Waals surface area contributed by atoms with Gasteiger partial charge in [-0.1, -0.05) is 18.2 Å². The molecule has 0 aliphatic carbocycles. The lowest BCUT2D eigenvalue weighted by molar-refractivity contribution is 0.0320. The largest absolute Gasteiger partial charge is 0.379 e. The number of aromatic nitrogens is 1. The van der Waals surface area contributed by atoms with Crippen molar-refractivity contribution in [1.82, 2.24) is 14.4 Å². The molecule has 2 aliphatic heterocycles. The molecule has 0 unspecified atom stereocenters. The molecule has 1 saturated heterocycles. The fraction of sp³-hybridized carbons (Fsp3) is 0.529. The van der Waals surface area contributed by atoms with E-state index in [0.29, 0.717) is 0 Å². The number of halogens is 1. The number of rotatable bonds is 3. The van der Waals surface area contributed by atoms with E-state index in [-0.39, 0.29) is 12.4 Å². The number of ether oxygens (including phenoxy) is 1. The summed E-state index contributed by atoms with van der Waals surface area (Å²) >= 11 is 0. The smallest absolute Gasteiger partial charge is 0.0594 e. The van der Waals surface area contributed by atoms with Crippen LogP contribution in [0.2, 0.25) is 0 Å². The summed E-state index contributed by atoms with van der Waals surface area (Å²) in [6.45, 7) is 9.68. The molecule has 0 saturated carbocycles. The van der Waals surface area contributed by atoms with Crippen LogP contribution in [0.3, 0.4) is 0 Å². The van der Waals surface area contributed by atoms with Crippen LogP contribution < -0.4 is 0 Å². The van der Waals surface area contributed by atoms with Crippen molar-refractivity contribution < 1.29 is 4.74 Å². The van der Waals surface area contributed by atoms with E-state index in [1.54, 1.807) is 0 Å². The minimum absolute atomic E-state index is 0. The van der Waals surface area contributed by atoms with Crippen LogP contribution in [0.1, 0.15) is 5.69 Å². The van der Waals surface area contributed by atoms with Crippen LogP contribution in [0.25, 0.3) is 10.9 Å². The number of benzene rings is 1. The molecule has 22 heavy (non-hydrogen) atoms. The zero-order chi connectivity index (χ0) is 14.1. The summed E-state index contributed by atoms with van der Waals surface area (Å²) in [6, 6.07) is 11.1. The first-order chi connectivity index (χ1) is 10.4. The zero-order valence-electron chi connectivity index (χ0n) is 12.9. The molecule has 120 valence electrons. The van der Waals surface area contributed by atoms with E-state index in [1.807, 2.05) is 0 Å². The maximum Gasteiger partial charge on any atom is 0.0594 e. The third-order valence-corrected chi connectivity index (χ3v) is 4.76. The first-order valence-corrected chi connectivity index (χ1v) is 8.00. The molecule has 0 spiro atoms. The highest BCUT2D eigenvalue weighted by Crippen LogP contribution is 2.23. The molecule has 2 aromatic rings. The van der Waals surface area contributed by atoms with Gasteiger partial charge in [-0.25, -0.2) is 0 Å². The Kier molecular flexibility index (Phi) is 5.03. The van der Waals surface area contributed by atoms with E-state index in [2.05, 4.69) is 44.7 Å². The molecular weight excluding hydrogens is 298 g/mol. The molecule has 2 aliphatic rings. The Morgan fingerprint density at radius 3 is 2.55 bits per heavy atom. The second-order valence-corrected chi connectivity index (χ2v) is 6.08. The first-order valence-electron chi connectivity index (χ1n) is 8.00. The number of para-hydroxylation sites is 1. The van der Waals surface area contributed by atoms with Gasteiger partial charge in [-0.2, -0.15) is 0 Å². The second kappa shape index (κ2) is 7.01. The van der Waals surface area contributed by atoms with Gasteiger partial charge in [0.1, 0.15) is 0 Å². The quantitative estimate of drug-likeness (QED) is 0.864. The van der Waals surface area contributed by atoms with E-state index in [9.17, 15) is 0 Å². The van der Waals surface area contributed by atoms with E-state index < -0.39 is 0 Å². The number of fused-ring (bicyclic) bond motifs is 3. The summed E-state index contributed by atoms with van der Waals surface area (Å²) in [7, 11) is 0. The van der Waals surface area contributed by atoms with Crippen LogP contribution in [-0.2, 0) is 17.8 Å². The molecule has 3 heterocycles.